The van der Waals surface area contributed by atoms with Gasteiger partial charge in [-0.15, -0.1) is 0 Å². The van der Waals surface area contributed by atoms with Crippen LogP contribution in [0.3, 0.4) is 0 Å². The molecule has 9 heteroatoms. The molecular formula is C15H18N4O5. The SMILES string of the molecule is O=C1NC(N/N=C\C(O)C(O)C(O)CO)=N/C1=C/c1ccccc1. The van der Waals surface area contributed by atoms with Crippen molar-refractivity contribution < 1.29 is 25.2 Å². The van der Waals surface area contributed by atoms with Crippen molar-refractivity contribution in [2.45, 2.75) is 18.3 Å². The van der Waals surface area contributed by atoms with Gasteiger partial charge in [0.05, 0.1) is 12.8 Å². The van der Waals surface area contributed by atoms with Crippen LogP contribution in [0.25, 0.3) is 6.08 Å². The summed E-state index contributed by atoms with van der Waals surface area (Å²) in [4.78, 5) is 15.8. The molecule has 9 nitrogen and oxygen atoms in total. The van der Waals surface area contributed by atoms with E-state index < -0.39 is 30.8 Å². The molecule has 0 saturated carbocycles. The average molecular weight is 334 g/mol. The van der Waals surface area contributed by atoms with Crippen LogP contribution in [0, 0.1) is 0 Å². The highest BCUT2D eigenvalue weighted by atomic mass is 16.4. The number of guanidine groups is 1. The van der Waals surface area contributed by atoms with Crippen molar-refractivity contribution in [3.05, 3.63) is 41.6 Å². The largest absolute Gasteiger partial charge is 0.394 e. The predicted molar refractivity (Wildman–Crippen MR) is 86.7 cm³/mol. The first kappa shape index (κ1) is 17.8. The summed E-state index contributed by atoms with van der Waals surface area (Å²) >= 11 is 0. The summed E-state index contributed by atoms with van der Waals surface area (Å²) in [7, 11) is 0. The second-order valence-electron chi connectivity index (χ2n) is 4.98. The van der Waals surface area contributed by atoms with Gasteiger partial charge in [0.15, 0.2) is 0 Å². The third kappa shape index (κ3) is 4.70. The van der Waals surface area contributed by atoms with Gasteiger partial charge in [0.25, 0.3) is 5.91 Å². The van der Waals surface area contributed by atoms with E-state index in [4.69, 9.17) is 5.11 Å². The molecule has 1 aliphatic heterocycles. The Bertz CT molecular complexity index is 659. The Hall–Kier alpha value is -2.59. The molecule has 6 N–H and O–H groups in total. The van der Waals surface area contributed by atoms with Crippen molar-refractivity contribution >= 4 is 24.2 Å². The number of carbonyl (C=O) groups is 1. The van der Waals surface area contributed by atoms with Gasteiger partial charge in [-0.1, -0.05) is 30.3 Å². The van der Waals surface area contributed by atoms with Gasteiger partial charge in [-0.05, 0) is 11.6 Å². The number of nitrogens with one attached hydrogen (secondary N) is 2. The molecule has 3 unspecified atom stereocenters. The maximum atomic E-state index is 11.8. The van der Waals surface area contributed by atoms with Gasteiger partial charge in [-0.3, -0.25) is 10.1 Å². The lowest BCUT2D eigenvalue weighted by Gasteiger charge is -2.17. The number of benzene rings is 1. The number of carbonyl (C=O) groups excluding carboxylic acids is 1. The van der Waals surface area contributed by atoms with Crippen molar-refractivity contribution in [2.75, 3.05) is 6.61 Å². The van der Waals surface area contributed by atoms with Crippen molar-refractivity contribution in [1.29, 1.82) is 0 Å². The zero-order chi connectivity index (χ0) is 17.5. The number of hydrogen-bond donors (Lipinski definition) is 6. The molecule has 24 heavy (non-hydrogen) atoms. The standard InChI is InChI=1S/C15H18N4O5/c20-8-12(22)13(23)11(21)7-16-19-15-17-10(14(24)18-15)6-9-4-2-1-3-5-9/h1-7,11-13,20-23H,8H2,(H2,17,18,19,24)/b10-6+,16-7-. The molecule has 1 heterocycles. The fraction of sp³-hybridized carbons (Fsp3) is 0.267. The Labute approximate surface area is 137 Å². The number of aliphatic hydroxyl groups excluding tert-OH is 4. The first-order valence-corrected chi connectivity index (χ1v) is 7.12. The van der Waals surface area contributed by atoms with Crippen LogP contribution >= 0.6 is 0 Å². The van der Waals surface area contributed by atoms with Gasteiger partial charge < -0.3 is 20.4 Å². The van der Waals surface area contributed by atoms with Gasteiger partial charge in [0.1, 0.15) is 24.0 Å². The number of aliphatic hydroxyl groups is 4. The van der Waals surface area contributed by atoms with E-state index in [1.54, 1.807) is 6.08 Å². The number of amides is 1. The molecule has 1 amide bonds. The molecule has 3 atom stereocenters. The molecule has 128 valence electrons. The van der Waals surface area contributed by atoms with E-state index in [0.29, 0.717) is 0 Å². The molecule has 1 aromatic carbocycles. The predicted octanol–water partition coefficient (Wildman–Crippen LogP) is -1.84. The van der Waals surface area contributed by atoms with Crippen LogP contribution in [-0.4, -0.2) is 63.4 Å². The van der Waals surface area contributed by atoms with Crippen molar-refractivity contribution in [1.82, 2.24) is 10.7 Å². The highest BCUT2D eigenvalue weighted by Crippen LogP contribution is 2.11. The van der Waals surface area contributed by atoms with E-state index in [0.717, 1.165) is 11.8 Å². The molecule has 0 radical (unpaired) electrons. The fourth-order valence-electron chi connectivity index (χ4n) is 1.83. The van der Waals surface area contributed by atoms with E-state index in [-0.39, 0.29) is 11.7 Å². The zero-order valence-corrected chi connectivity index (χ0v) is 12.6. The summed E-state index contributed by atoms with van der Waals surface area (Å²) in [6, 6.07) is 9.17. The quantitative estimate of drug-likeness (QED) is 0.205. The van der Waals surface area contributed by atoms with Gasteiger partial charge in [-0.25, -0.2) is 10.4 Å². The normalized spacial score (nSPS) is 19.9. The summed E-state index contributed by atoms with van der Waals surface area (Å²) in [6.45, 7) is -0.699. The second kappa shape index (κ2) is 8.31. The molecule has 0 bridgehead atoms. The summed E-state index contributed by atoms with van der Waals surface area (Å²) in [6.07, 6.45) is -2.07. The van der Waals surface area contributed by atoms with E-state index in [1.165, 1.54) is 0 Å². The summed E-state index contributed by atoms with van der Waals surface area (Å²) in [5.74, 6) is -0.351. The number of hydrogen-bond acceptors (Lipinski definition) is 8. The van der Waals surface area contributed by atoms with Gasteiger partial charge in [0, 0.05) is 0 Å². The lowest BCUT2D eigenvalue weighted by molar-refractivity contribution is -0.115. The molecule has 0 fully saturated rings. The van der Waals surface area contributed by atoms with E-state index in [2.05, 4.69) is 20.8 Å². The Morgan fingerprint density at radius 3 is 2.62 bits per heavy atom. The number of hydrazone groups is 1. The van der Waals surface area contributed by atoms with Gasteiger partial charge in [0.2, 0.25) is 5.96 Å². The molecule has 0 aliphatic carbocycles. The first-order chi connectivity index (χ1) is 11.5. The highest BCUT2D eigenvalue weighted by molar-refractivity contribution is 6.13. The van der Waals surface area contributed by atoms with Crippen LogP contribution in [0.2, 0.25) is 0 Å². The lowest BCUT2D eigenvalue weighted by atomic mass is 10.1. The number of aliphatic imine (C=N–C) groups is 1. The van der Waals surface area contributed by atoms with E-state index >= 15 is 0 Å². The number of rotatable bonds is 6. The minimum atomic E-state index is -1.59. The van der Waals surface area contributed by atoms with Crippen LogP contribution in [0.15, 0.2) is 46.1 Å². The number of nitrogens with zero attached hydrogens (tertiary/aromatic N) is 2. The van der Waals surface area contributed by atoms with Crippen molar-refractivity contribution in [3.63, 3.8) is 0 Å². The van der Waals surface area contributed by atoms with Crippen LogP contribution in [-0.2, 0) is 4.79 Å². The zero-order valence-electron chi connectivity index (χ0n) is 12.6. The molecule has 2 rings (SSSR count). The molecule has 0 spiro atoms. The van der Waals surface area contributed by atoms with Crippen molar-refractivity contribution in [3.8, 4) is 0 Å². The van der Waals surface area contributed by atoms with E-state index in [1.807, 2.05) is 30.3 Å². The van der Waals surface area contributed by atoms with Crippen molar-refractivity contribution in [2.24, 2.45) is 10.1 Å². The molecule has 0 aromatic heterocycles. The Balaban J connectivity index is 1.96. The first-order valence-electron chi connectivity index (χ1n) is 7.12. The summed E-state index contributed by atoms with van der Waals surface area (Å²) < 4.78 is 0. The Kier molecular flexibility index (Phi) is 6.15. The van der Waals surface area contributed by atoms with E-state index in [9.17, 15) is 20.1 Å². The summed E-state index contributed by atoms with van der Waals surface area (Å²) in [5, 5.41) is 42.9. The van der Waals surface area contributed by atoms with Crippen LogP contribution in [0.4, 0.5) is 0 Å². The lowest BCUT2D eigenvalue weighted by Crippen LogP contribution is -2.41. The molecule has 1 aromatic rings. The fourth-order valence-corrected chi connectivity index (χ4v) is 1.83. The maximum Gasteiger partial charge on any atom is 0.276 e. The van der Waals surface area contributed by atoms with Crippen LogP contribution in [0.1, 0.15) is 5.56 Å². The summed E-state index contributed by atoms with van der Waals surface area (Å²) in [5.41, 5.74) is 3.40. The smallest absolute Gasteiger partial charge is 0.276 e. The van der Waals surface area contributed by atoms with Gasteiger partial charge >= 0.3 is 0 Å². The highest BCUT2D eigenvalue weighted by Gasteiger charge is 2.23. The molecule has 0 saturated heterocycles. The monoisotopic (exact) mass is 334 g/mol. The Morgan fingerprint density at radius 2 is 1.96 bits per heavy atom. The van der Waals surface area contributed by atoms with Gasteiger partial charge in [-0.2, -0.15) is 5.10 Å². The Morgan fingerprint density at radius 1 is 1.25 bits per heavy atom. The molecular weight excluding hydrogens is 316 g/mol. The van der Waals surface area contributed by atoms with Crippen LogP contribution < -0.4 is 10.7 Å². The van der Waals surface area contributed by atoms with Crippen LogP contribution in [0.5, 0.6) is 0 Å². The molecule has 1 aliphatic rings. The average Bonchev–Trinajstić information content (AvgIpc) is 2.93. The topological polar surface area (TPSA) is 147 Å². The maximum absolute atomic E-state index is 11.8. The minimum absolute atomic E-state index is 0.0582. The minimum Gasteiger partial charge on any atom is -0.394 e. The third-order valence-corrected chi connectivity index (χ3v) is 3.13. The second-order valence-corrected chi connectivity index (χ2v) is 4.98. The third-order valence-electron chi connectivity index (χ3n) is 3.13.